The molecule has 0 bridgehead atoms. The number of nitrogen functional groups attached to an aromatic ring is 1. The molecule has 0 amide bonds. The maximum Gasteiger partial charge on any atom is 0.145 e. The van der Waals surface area contributed by atoms with Gasteiger partial charge in [-0.05, 0) is 19.2 Å². The van der Waals surface area contributed by atoms with E-state index in [1.54, 1.807) is 22.9 Å². The molecule has 5 heteroatoms. The lowest BCUT2D eigenvalue weighted by atomic mass is 10.2. The summed E-state index contributed by atoms with van der Waals surface area (Å²) >= 11 is 0. The normalized spacial score (nSPS) is 11.1. The molecule has 2 aromatic rings. The molecular formula is C13H17FN4. The van der Waals surface area contributed by atoms with E-state index in [2.05, 4.69) is 10.00 Å². The van der Waals surface area contributed by atoms with Gasteiger partial charge in [0, 0.05) is 24.8 Å². The number of hydrogen-bond donors (Lipinski definition) is 1. The fourth-order valence-electron chi connectivity index (χ4n) is 1.77. The first-order valence-corrected chi connectivity index (χ1v) is 5.86. The van der Waals surface area contributed by atoms with Gasteiger partial charge >= 0.3 is 0 Å². The average molecular weight is 248 g/mol. The Kier molecular flexibility index (Phi) is 3.94. The Hall–Kier alpha value is -1.88. The fourth-order valence-corrected chi connectivity index (χ4v) is 1.77. The average Bonchev–Trinajstić information content (AvgIpc) is 2.76. The molecular weight excluding hydrogens is 231 g/mol. The number of likely N-dealkylation sites (N-methyl/N-ethyl adjacent to an activating group) is 1. The van der Waals surface area contributed by atoms with Crippen molar-refractivity contribution in [3.63, 3.8) is 0 Å². The number of rotatable bonds is 5. The van der Waals surface area contributed by atoms with E-state index in [4.69, 9.17) is 5.73 Å². The van der Waals surface area contributed by atoms with Crippen LogP contribution in [0.25, 0.3) is 0 Å². The Morgan fingerprint density at radius 1 is 1.33 bits per heavy atom. The van der Waals surface area contributed by atoms with Gasteiger partial charge in [-0.25, -0.2) is 4.39 Å². The summed E-state index contributed by atoms with van der Waals surface area (Å²) in [5.41, 5.74) is 6.24. The van der Waals surface area contributed by atoms with E-state index in [1.165, 1.54) is 6.07 Å². The smallest absolute Gasteiger partial charge is 0.145 e. The minimum atomic E-state index is -0.160. The largest absolute Gasteiger partial charge is 0.382 e. The van der Waals surface area contributed by atoms with Crippen LogP contribution in [0.2, 0.25) is 0 Å². The van der Waals surface area contributed by atoms with Gasteiger partial charge in [-0.15, -0.1) is 0 Å². The monoisotopic (exact) mass is 248 g/mol. The van der Waals surface area contributed by atoms with Crippen LogP contribution in [0.3, 0.4) is 0 Å². The van der Waals surface area contributed by atoms with Crippen LogP contribution in [0.5, 0.6) is 0 Å². The second-order valence-electron chi connectivity index (χ2n) is 4.33. The topological polar surface area (TPSA) is 47.1 Å². The van der Waals surface area contributed by atoms with Crippen molar-refractivity contribution in [2.24, 2.45) is 0 Å². The van der Waals surface area contributed by atoms with Crippen LogP contribution in [0.15, 0.2) is 36.5 Å². The molecule has 1 aromatic heterocycles. The molecule has 0 aliphatic heterocycles. The second-order valence-corrected chi connectivity index (χ2v) is 4.33. The van der Waals surface area contributed by atoms with Crippen molar-refractivity contribution in [1.29, 1.82) is 0 Å². The van der Waals surface area contributed by atoms with Gasteiger partial charge in [-0.3, -0.25) is 4.68 Å². The highest BCUT2D eigenvalue weighted by atomic mass is 19.1. The summed E-state index contributed by atoms with van der Waals surface area (Å²) in [4.78, 5) is 2.05. The fraction of sp³-hybridized carbons (Fsp3) is 0.308. The van der Waals surface area contributed by atoms with Crippen LogP contribution in [-0.4, -0.2) is 28.3 Å². The maximum absolute atomic E-state index is 13.5. The lowest BCUT2D eigenvalue weighted by molar-refractivity contribution is 0.301. The second kappa shape index (κ2) is 5.64. The number of nitrogens with zero attached hydrogens (tertiary/aromatic N) is 3. The minimum Gasteiger partial charge on any atom is -0.382 e. The Morgan fingerprint density at radius 2 is 2.11 bits per heavy atom. The van der Waals surface area contributed by atoms with E-state index in [1.807, 2.05) is 19.3 Å². The standard InChI is InChI=1S/C13H17FN4/c1-17(8-9-18-7-6-13(15)16-18)10-11-4-2-3-5-12(11)14/h2-7H,8-10H2,1H3,(H2,15,16). The Morgan fingerprint density at radius 3 is 2.78 bits per heavy atom. The molecule has 0 atom stereocenters. The summed E-state index contributed by atoms with van der Waals surface area (Å²) in [6.45, 7) is 2.11. The molecule has 4 nitrogen and oxygen atoms in total. The van der Waals surface area contributed by atoms with Crippen LogP contribution in [0, 0.1) is 5.82 Å². The summed E-state index contributed by atoms with van der Waals surface area (Å²) in [5.74, 6) is 0.361. The highest BCUT2D eigenvalue weighted by Gasteiger charge is 2.05. The van der Waals surface area contributed by atoms with Crippen LogP contribution in [0.1, 0.15) is 5.56 Å². The van der Waals surface area contributed by atoms with Gasteiger partial charge < -0.3 is 10.6 Å². The third kappa shape index (κ3) is 3.30. The van der Waals surface area contributed by atoms with Gasteiger partial charge in [-0.2, -0.15) is 5.10 Å². The van der Waals surface area contributed by atoms with Crippen molar-refractivity contribution in [3.05, 3.63) is 47.9 Å². The first-order valence-electron chi connectivity index (χ1n) is 5.86. The summed E-state index contributed by atoms with van der Waals surface area (Å²) < 4.78 is 15.2. The first kappa shape index (κ1) is 12.6. The van der Waals surface area contributed by atoms with E-state index in [0.717, 1.165) is 13.1 Å². The van der Waals surface area contributed by atoms with Gasteiger partial charge in [0.15, 0.2) is 0 Å². The molecule has 0 fully saturated rings. The zero-order chi connectivity index (χ0) is 13.0. The predicted molar refractivity (Wildman–Crippen MR) is 69.4 cm³/mol. The number of aromatic nitrogens is 2. The molecule has 1 heterocycles. The van der Waals surface area contributed by atoms with Crippen molar-refractivity contribution in [2.75, 3.05) is 19.3 Å². The van der Waals surface area contributed by atoms with Crippen LogP contribution in [-0.2, 0) is 13.1 Å². The van der Waals surface area contributed by atoms with E-state index < -0.39 is 0 Å². The van der Waals surface area contributed by atoms with Crippen LogP contribution in [0.4, 0.5) is 10.2 Å². The van der Waals surface area contributed by atoms with Crippen molar-refractivity contribution in [3.8, 4) is 0 Å². The lowest BCUT2D eigenvalue weighted by Crippen LogP contribution is -2.23. The molecule has 0 unspecified atom stereocenters. The van der Waals surface area contributed by atoms with Crippen molar-refractivity contribution < 1.29 is 4.39 Å². The van der Waals surface area contributed by atoms with Gasteiger partial charge in [0.2, 0.25) is 0 Å². The van der Waals surface area contributed by atoms with E-state index in [-0.39, 0.29) is 5.82 Å². The van der Waals surface area contributed by atoms with E-state index >= 15 is 0 Å². The molecule has 1 aromatic carbocycles. The molecule has 18 heavy (non-hydrogen) atoms. The lowest BCUT2D eigenvalue weighted by Gasteiger charge is -2.16. The molecule has 0 spiro atoms. The Balaban J connectivity index is 1.85. The number of benzene rings is 1. The van der Waals surface area contributed by atoms with Crippen LogP contribution >= 0.6 is 0 Å². The zero-order valence-electron chi connectivity index (χ0n) is 10.4. The molecule has 0 radical (unpaired) electrons. The van der Waals surface area contributed by atoms with E-state index in [0.29, 0.717) is 17.9 Å². The summed E-state index contributed by atoms with van der Waals surface area (Å²) in [6.07, 6.45) is 1.84. The van der Waals surface area contributed by atoms with Gasteiger partial charge in [0.05, 0.1) is 6.54 Å². The molecule has 0 aliphatic rings. The summed E-state index contributed by atoms with van der Waals surface area (Å²) in [5, 5.41) is 4.10. The van der Waals surface area contributed by atoms with Gasteiger partial charge in [0.25, 0.3) is 0 Å². The highest BCUT2D eigenvalue weighted by Crippen LogP contribution is 2.08. The molecule has 96 valence electrons. The van der Waals surface area contributed by atoms with Gasteiger partial charge in [0.1, 0.15) is 11.6 Å². The van der Waals surface area contributed by atoms with E-state index in [9.17, 15) is 4.39 Å². The van der Waals surface area contributed by atoms with Crippen molar-refractivity contribution in [1.82, 2.24) is 14.7 Å². The van der Waals surface area contributed by atoms with Crippen molar-refractivity contribution >= 4 is 5.82 Å². The number of hydrogen-bond acceptors (Lipinski definition) is 3. The summed E-state index contributed by atoms with van der Waals surface area (Å²) in [6, 6.07) is 8.60. The SMILES string of the molecule is CN(CCn1ccc(N)n1)Cc1ccccc1F. The Labute approximate surface area is 106 Å². The number of nitrogens with two attached hydrogens (primary N) is 1. The Bertz CT molecular complexity index is 509. The van der Waals surface area contributed by atoms with Crippen molar-refractivity contribution in [2.45, 2.75) is 13.1 Å². The predicted octanol–water partition coefficient (Wildman–Crippen LogP) is 1.74. The summed E-state index contributed by atoms with van der Waals surface area (Å²) in [7, 11) is 1.96. The first-order chi connectivity index (χ1) is 8.65. The molecule has 2 N–H and O–H groups in total. The van der Waals surface area contributed by atoms with Gasteiger partial charge in [-0.1, -0.05) is 18.2 Å². The molecule has 0 aliphatic carbocycles. The molecule has 0 saturated carbocycles. The maximum atomic E-state index is 13.5. The van der Waals surface area contributed by atoms with Crippen LogP contribution < -0.4 is 5.73 Å². The molecule has 2 rings (SSSR count). The third-order valence-electron chi connectivity index (χ3n) is 2.77. The zero-order valence-corrected chi connectivity index (χ0v) is 10.4. The molecule has 0 saturated heterocycles. The third-order valence-corrected chi connectivity index (χ3v) is 2.77. The number of anilines is 1. The quantitative estimate of drug-likeness (QED) is 0.876. The minimum absolute atomic E-state index is 0.160. The highest BCUT2D eigenvalue weighted by molar-refractivity contribution is 5.23. The number of halogens is 1.